The molecule has 0 bridgehead atoms. The van der Waals surface area contributed by atoms with Crippen LogP contribution in [0.3, 0.4) is 0 Å². The molecule has 0 aliphatic carbocycles. The molecule has 0 unspecified atom stereocenters. The van der Waals surface area contributed by atoms with Crippen LogP contribution in [0.2, 0.25) is 10.0 Å². The van der Waals surface area contributed by atoms with Gasteiger partial charge in [0, 0.05) is 35.1 Å². The Morgan fingerprint density at radius 1 is 1.03 bits per heavy atom. The van der Waals surface area contributed by atoms with E-state index in [1.165, 1.54) is 0 Å². The van der Waals surface area contributed by atoms with Crippen molar-refractivity contribution in [2.24, 2.45) is 0 Å². The molecule has 6 nitrogen and oxygen atoms in total. The van der Waals surface area contributed by atoms with E-state index in [1.807, 2.05) is 32.0 Å². The zero-order valence-corrected chi connectivity index (χ0v) is 21.1. The number of halogens is 2. The standard InChI is InChI=1S/C25H32Cl2N2O4/c1-5-14-28-25(31)21(6-2)29(16-18-19(26)8-7-9-20(18)27)24(30)13-11-17-10-12-22(32-3)23(15-17)33-4/h7-10,12,15,21H,5-6,11,13-14,16H2,1-4H3,(H,28,31)/t21-/m0/s1. The first kappa shape index (κ1) is 26.8. The molecule has 2 aromatic carbocycles. The van der Waals surface area contributed by atoms with Gasteiger partial charge in [0.2, 0.25) is 11.8 Å². The Kier molecular flexibility index (Phi) is 10.8. The average molecular weight is 495 g/mol. The van der Waals surface area contributed by atoms with Gasteiger partial charge in [-0.2, -0.15) is 0 Å². The fraction of sp³-hybridized carbons (Fsp3) is 0.440. The lowest BCUT2D eigenvalue weighted by Gasteiger charge is -2.31. The molecule has 0 saturated heterocycles. The number of methoxy groups -OCH3 is 2. The fourth-order valence-electron chi connectivity index (χ4n) is 3.57. The van der Waals surface area contributed by atoms with Crippen molar-refractivity contribution in [3.8, 4) is 11.5 Å². The molecule has 8 heteroatoms. The van der Waals surface area contributed by atoms with Crippen LogP contribution in [-0.2, 0) is 22.6 Å². The summed E-state index contributed by atoms with van der Waals surface area (Å²) in [6.07, 6.45) is 1.99. The van der Waals surface area contributed by atoms with E-state index in [2.05, 4.69) is 5.32 Å². The van der Waals surface area contributed by atoms with E-state index in [9.17, 15) is 9.59 Å². The number of benzene rings is 2. The van der Waals surface area contributed by atoms with Gasteiger partial charge in [-0.05, 0) is 49.1 Å². The molecule has 2 rings (SSSR count). The summed E-state index contributed by atoms with van der Waals surface area (Å²) >= 11 is 12.8. The van der Waals surface area contributed by atoms with Gasteiger partial charge in [0.15, 0.2) is 11.5 Å². The molecule has 0 heterocycles. The molecule has 0 saturated carbocycles. The molecule has 0 aliphatic rings. The van der Waals surface area contributed by atoms with Crippen LogP contribution in [0.4, 0.5) is 0 Å². The van der Waals surface area contributed by atoms with Crippen molar-refractivity contribution < 1.29 is 19.1 Å². The molecule has 1 N–H and O–H groups in total. The number of ether oxygens (including phenoxy) is 2. The number of hydrogen-bond acceptors (Lipinski definition) is 4. The summed E-state index contributed by atoms with van der Waals surface area (Å²) in [5, 5.41) is 3.83. The van der Waals surface area contributed by atoms with Crippen LogP contribution in [0.25, 0.3) is 0 Å². The largest absolute Gasteiger partial charge is 0.493 e. The number of aryl methyl sites for hydroxylation is 1. The lowest BCUT2D eigenvalue weighted by atomic mass is 10.1. The normalized spacial score (nSPS) is 11.6. The highest BCUT2D eigenvalue weighted by Crippen LogP contribution is 2.29. The van der Waals surface area contributed by atoms with Crippen molar-refractivity contribution >= 4 is 35.0 Å². The minimum Gasteiger partial charge on any atom is -0.493 e. The lowest BCUT2D eigenvalue weighted by Crippen LogP contribution is -2.49. The number of nitrogens with one attached hydrogen (secondary N) is 1. The van der Waals surface area contributed by atoms with Gasteiger partial charge in [-0.25, -0.2) is 0 Å². The number of rotatable bonds is 12. The minimum atomic E-state index is -0.623. The van der Waals surface area contributed by atoms with Gasteiger partial charge in [0.25, 0.3) is 0 Å². The summed E-state index contributed by atoms with van der Waals surface area (Å²) in [7, 11) is 3.15. The fourth-order valence-corrected chi connectivity index (χ4v) is 4.09. The smallest absolute Gasteiger partial charge is 0.242 e. The quantitative estimate of drug-likeness (QED) is 0.435. The maximum atomic E-state index is 13.4. The zero-order chi connectivity index (χ0) is 24.4. The predicted molar refractivity (Wildman–Crippen MR) is 132 cm³/mol. The topological polar surface area (TPSA) is 67.9 Å². The maximum Gasteiger partial charge on any atom is 0.242 e. The van der Waals surface area contributed by atoms with E-state index in [-0.39, 0.29) is 24.8 Å². The number of carbonyl (C=O) groups is 2. The van der Waals surface area contributed by atoms with Gasteiger partial charge < -0.3 is 19.7 Å². The molecule has 0 radical (unpaired) electrons. The second-order valence-corrected chi connectivity index (χ2v) is 8.44. The van der Waals surface area contributed by atoms with Crippen molar-refractivity contribution in [1.29, 1.82) is 0 Å². The molecule has 2 amide bonds. The van der Waals surface area contributed by atoms with Crippen LogP contribution in [0, 0.1) is 0 Å². The van der Waals surface area contributed by atoms with Crippen molar-refractivity contribution in [2.75, 3.05) is 20.8 Å². The molecule has 2 aromatic rings. The molecular weight excluding hydrogens is 463 g/mol. The molecule has 0 aromatic heterocycles. The van der Waals surface area contributed by atoms with E-state index in [4.69, 9.17) is 32.7 Å². The first-order valence-electron chi connectivity index (χ1n) is 11.1. The highest BCUT2D eigenvalue weighted by atomic mass is 35.5. The van der Waals surface area contributed by atoms with E-state index in [0.717, 1.165) is 12.0 Å². The second kappa shape index (κ2) is 13.3. The van der Waals surface area contributed by atoms with Crippen molar-refractivity contribution in [2.45, 2.75) is 52.1 Å². The van der Waals surface area contributed by atoms with E-state index in [1.54, 1.807) is 37.3 Å². The molecule has 0 spiro atoms. The predicted octanol–water partition coefficient (Wildman–Crippen LogP) is 5.28. The Balaban J connectivity index is 2.27. The molecule has 180 valence electrons. The average Bonchev–Trinajstić information content (AvgIpc) is 2.82. The Morgan fingerprint density at radius 2 is 1.70 bits per heavy atom. The maximum absolute atomic E-state index is 13.4. The van der Waals surface area contributed by atoms with Gasteiger partial charge in [0.1, 0.15) is 6.04 Å². The third kappa shape index (κ3) is 7.27. The molecule has 33 heavy (non-hydrogen) atoms. The lowest BCUT2D eigenvalue weighted by molar-refractivity contribution is -0.141. The van der Waals surface area contributed by atoms with Gasteiger partial charge in [0.05, 0.1) is 14.2 Å². The van der Waals surface area contributed by atoms with Crippen molar-refractivity contribution in [1.82, 2.24) is 10.2 Å². The molecule has 0 aliphatic heterocycles. The highest BCUT2D eigenvalue weighted by molar-refractivity contribution is 6.36. The summed E-state index contributed by atoms with van der Waals surface area (Å²) in [6, 6.07) is 10.2. The number of amides is 2. The number of carbonyl (C=O) groups excluding carboxylic acids is 2. The van der Waals surface area contributed by atoms with Gasteiger partial charge >= 0.3 is 0 Å². The first-order chi connectivity index (χ1) is 15.9. The van der Waals surface area contributed by atoms with Crippen LogP contribution in [0.15, 0.2) is 36.4 Å². The Bertz CT molecular complexity index is 932. The Labute approximate surface area is 206 Å². The summed E-state index contributed by atoms with van der Waals surface area (Å²) in [6.45, 7) is 4.58. The van der Waals surface area contributed by atoms with Gasteiger partial charge in [-0.3, -0.25) is 9.59 Å². The van der Waals surface area contributed by atoms with Crippen molar-refractivity contribution in [3.05, 3.63) is 57.6 Å². The van der Waals surface area contributed by atoms with Gasteiger partial charge in [-0.15, -0.1) is 0 Å². The molecule has 1 atom stereocenters. The summed E-state index contributed by atoms with van der Waals surface area (Å²) in [4.78, 5) is 27.9. The van der Waals surface area contributed by atoms with Crippen LogP contribution in [0.5, 0.6) is 11.5 Å². The SMILES string of the molecule is CCCNC(=O)[C@H](CC)N(Cc1c(Cl)cccc1Cl)C(=O)CCc1ccc(OC)c(OC)c1. The van der Waals surface area contributed by atoms with E-state index in [0.29, 0.717) is 46.5 Å². The van der Waals surface area contributed by atoms with Crippen LogP contribution >= 0.6 is 23.2 Å². The zero-order valence-electron chi connectivity index (χ0n) is 19.6. The van der Waals surface area contributed by atoms with Crippen LogP contribution in [0.1, 0.15) is 44.2 Å². The Morgan fingerprint density at radius 3 is 2.27 bits per heavy atom. The highest BCUT2D eigenvalue weighted by Gasteiger charge is 2.29. The summed E-state index contributed by atoms with van der Waals surface area (Å²) in [5.74, 6) is 0.898. The Hall–Kier alpha value is -2.44. The van der Waals surface area contributed by atoms with Crippen molar-refractivity contribution in [3.63, 3.8) is 0 Å². The van der Waals surface area contributed by atoms with E-state index < -0.39 is 6.04 Å². The second-order valence-electron chi connectivity index (χ2n) is 7.63. The number of nitrogens with zero attached hydrogens (tertiary/aromatic N) is 1. The van der Waals surface area contributed by atoms with Crippen LogP contribution in [-0.4, -0.2) is 43.5 Å². The monoisotopic (exact) mass is 494 g/mol. The van der Waals surface area contributed by atoms with Gasteiger partial charge in [-0.1, -0.05) is 49.2 Å². The molecular formula is C25H32Cl2N2O4. The third-order valence-electron chi connectivity index (χ3n) is 5.40. The summed E-state index contributed by atoms with van der Waals surface area (Å²) in [5.41, 5.74) is 1.56. The summed E-state index contributed by atoms with van der Waals surface area (Å²) < 4.78 is 10.6. The van der Waals surface area contributed by atoms with E-state index >= 15 is 0 Å². The third-order valence-corrected chi connectivity index (χ3v) is 6.11. The minimum absolute atomic E-state index is 0.153. The number of hydrogen-bond donors (Lipinski definition) is 1. The van der Waals surface area contributed by atoms with Crippen LogP contribution < -0.4 is 14.8 Å². The molecule has 0 fully saturated rings. The first-order valence-corrected chi connectivity index (χ1v) is 11.8.